The number of nitrogens with zero attached hydrogens (tertiary/aromatic N) is 6. The predicted molar refractivity (Wildman–Crippen MR) is 237 cm³/mol. The van der Waals surface area contributed by atoms with Gasteiger partial charge in [-0.2, -0.15) is 0 Å². The summed E-state index contributed by atoms with van der Waals surface area (Å²) in [4.78, 5) is 18.4. The van der Waals surface area contributed by atoms with E-state index in [9.17, 15) is 0 Å². The third-order valence-corrected chi connectivity index (χ3v) is 11.1. The van der Waals surface area contributed by atoms with Crippen LogP contribution in [0.3, 0.4) is 0 Å². The molecule has 0 aliphatic carbocycles. The first-order chi connectivity index (χ1) is 28.7. The number of fused-ring (bicyclic) bond motifs is 6. The molecule has 0 N–H and O–H groups in total. The van der Waals surface area contributed by atoms with Gasteiger partial charge in [-0.05, 0) is 82.4 Å². The maximum absolute atomic E-state index is 7.42. The van der Waals surface area contributed by atoms with Crippen molar-refractivity contribution < 1.29 is 0 Å². The van der Waals surface area contributed by atoms with E-state index in [0.29, 0.717) is 11.6 Å². The summed E-state index contributed by atoms with van der Waals surface area (Å²) in [6.07, 6.45) is 3.73. The Labute approximate surface area is 334 Å². The van der Waals surface area contributed by atoms with E-state index >= 15 is 0 Å². The number of hydrogen-bond donors (Lipinski definition) is 0. The van der Waals surface area contributed by atoms with Gasteiger partial charge in [0.25, 0.3) is 0 Å². The summed E-state index contributed by atoms with van der Waals surface area (Å²) in [5.74, 6) is 0.555. The summed E-state index contributed by atoms with van der Waals surface area (Å²) in [5, 5.41) is 4.64. The number of hydrogen-bond acceptors (Lipinski definition) is 3. The fraction of sp³-hybridized carbons (Fsp3) is 0. The average Bonchev–Trinajstić information content (AvgIpc) is 3.82. The first-order valence-electron chi connectivity index (χ1n) is 19.2. The van der Waals surface area contributed by atoms with E-state index in [1.54, 1.807) is 0 Å². The minimum absolute atomic E-state index is 0.555. The smallest absolute Gasteiger partial charge is 0.235 e. The molecular weight excluding hydrogens is 709 g/mol. The lowest BCUT2D eigenvalue weighted by molar-refractivity contribution is 0.993. The lowest BCUT2D eigenvalue weighted by atomic mass is 9.98. The molecule has 0 bridgehead atoms. The van der Waals surface area contributed by atoms with E-state index in [1.165, 1.54) is 32.9 Å². The molecule has 4 heterocycles. The highest BCUT2D eigenvalue weighted by atomic mass is 15.2. The second kappa shape index (κ2) is 13.6. The summed E-state index contributed by atoms with van der Waals surface area (Å²) in [6.45, 7) is 7.42. The zero-order valence-electron chi connectivity index (χ0n) is 31.2. The molecule has 6 heteroatoms. The lowest BCUT2D eigenvalue weighted by Gasteiger charge is -2.12. The molecule has 270 valence electrons. The first-order valence-corrected chi connectivity index (χ1v) is 19.2. The van der Waals surface area contributed by atoms with Crippen molar-refractivity contribution >= 4 is 49.3 Å². The second-order valence-electron chi connectivity index (χ2n) is 14.4. The van der Waals surface area contributed by atoms with E-state index < -0.39 is 0 Å². The van der Waals surface area contributed by atoms with Crippen LogP contribution >= 0.6 is 0 Å². The largest absolute Gasteiger partial charge is 0.309 e. The fourth-order valence-electron chi connectivity index (χ4n) is 8.27. The van der Waals surface area contributed by atoms with Gasteiger partial charge in [0.15, 0.2) is 5.69 Å². The monoisotopic (exact) mass is 740 g/mol. The molecule has 0 spiro atoms. The average molecular weight is 741 g/mol. The minimum atomic E-state index is 0.555. The molecule has 0 amide bonds. The van der Waals surface area contributed by atoms with Crippen LogP contribution in [-0.2, 0) is 0 Å². The molecule has 58 heavy (non-hydrogen) atoms. The summed E-state index contributed by atoms with van der Waals surface area (Å²) in [7, 11) is 0. The van der Waals surface area contributed by atoms with E-state index in [0.717, 1.165) is 61.1 Å². The Balaban J connectivity index is 0.997. The third-order valence-electron chi connectivity index (χ3n) is 11.1. The Bertz CT molecular complexity index is 3370. The van der Waals surface area contributed by atoms with Crippen LogP contribution in [0.15, 0.2) is 194 Å². The minimum Gasteiger partial charge on any atom is -0.309 e. The van der Waals surface area contributed by atoms with Gasteiger partial charge in [0.05, 0.1) is 46.2 Å². The van der Waals surface area contributed by atoms with Crippen LogP contribution < -0.4 is 0 Å². The molecule has 0 saturated heterocycles. The molecular formula is C52H32N6. The van der Waals surface area contributed by atoms with E-state index in [1.807, 2.05) is 60.9 Å². The van der Waals surface area contributed by atoms with Gasteiger partial charge in [-0.3, -0.25) is 9.55 Å². The van der Waals surface area contributed by atoms with Crippen LogP contribution in [0.4, 0.5) is 5.69 Å². The second-order valence-corrected chi connectivity index (χ2v) is 14.4. The number of para-hydroxylation sites is 2. The zero-order valence-corrected chi connectivity index (χ0v) is 31.2. The van der Waals surface area contributed by atoms with Crippen molar-refractivity contribution in [3.05, 3.63) is 206 Å². The van der Waals surface area contributed by atoms with Crippen molar-refractivity contribution in [2.75, 3.05) is 0 Å². The van der Waals surface area contributed by atoms with Crippen LogP contribution in [0.5, 0.6) is 0 Å². The zero-order chi connectivity index (χ0) is 38.6. The van der Waals surface area contributed by atoms with Gasteiger partial charge in [-0.1, -0.05) is 127 Å². The van der Waals surface area contributed by atoms with E-state index in [2.05, 4.69) is 152 Å². The number of benzene rings is 7. The van der Waals surface area contributed by atoms with Crippen LogP contribution in [0.2, 0.25) is 0 Å². The number of pyridine rings is 1. The molecule has 0 radical (unpaired) electrons. The van der Waals surface area contributed by atoms with Crippen LogP contribution in [0.1, 0.15) is 0 Å². The number of aromatic nitrogens is 5. The van der Waals surface area contributed by atoms with Gasteiger partial charge in [-0.25, -0.2) is 14.8 Å². The molecule has 0 unspecified atom stereocenters. The highest BCUT2D eigenvalue weighted by molar-refractivity contribution is 6.11. The lowest BCUT2D eigenvalue weighted by Crippen LogP contribution is -2.04. The summed E-state index contributed by atoms with van der Waals surface area (Å²) in [5.41, 5.74) is 14.2. The molecule has 0 aliphatic rings. The third kappa shape index (κ3) is 5.53. The molecule has 0 atom stereocenters. The highest BCUT2D eigenvalue weighted by Gasteiger charge is 2.18. The van der Waals surface area contributed by atoms with Gasteiger partial charge in [0.1, 0.15) is 0 Å². The van der Waals surface area contributed by atoms with E-state index in [-0.39, 0.29) is 0 Å². The Morgan fingerprint density at radius 1 is 0.397 bits per heavy atom. The molecule has 11 rings (SSSR count). The van der Waals surface area contributed by atoms with Crippen molar-refractivity contribution in [3.63, 3.8) is 0 Å². The molecule has 0 aliphatic heterocycles. The molecule has 7 aromatic carbocycles. The Morgan fingerprint density at radius 2 is 0.914 bits per heavy atom. The van der Waals surface area contributed by atoms with Crippen LogP contribution in [0, 0.1) is 6.57 Å². The normalized spacial score (nSPS) is 11.4. The molecule has 6 nitrogen and oxygen atoms in total. The summed E-state index contributed by atoms with van der Waals surface area (Å²) >= 11 is 0. The number of rotatable bonds is 6. The van der Waals surface area contributed by atoms with Crippen molar-refractivity contribution in [1.29, 1.82) is 0 Å². The van der Waals surface area contributed by atoms with Crippen molar-refractivity contribution in [2.24, 2.45) is 0 Å². The van der Waals surface area contributed by atoms with Gasteiger partial charge in [0.2, 0.25) is 5.95 Å². The van der Waals surface area contributed by atoms with Gasteiger partial charge in [0, 0.05) is 39.0 Å². The predicted octanol–water partition coefficient (Wildman–Crippen LogP) is 13.3. The van der Waals surface area contributed by atoms with Crippen LogP contribution in [-0.4, -0.2) is 24.1 Å². The Hall–Kier alpha value is -8.14. The van der Waals surface area contributed by atoms with Gasteiger partial charge >= 0.3 is 0 Å². The van der Waals surface area contributed by atoms with Crippen LogP contribution in [0.25, 0.3) is 105 Å². The SMILES string of the molecule is [C-]#[N+]c1ccc(-c2cc(-c3ccccc3)nc(-n3c4ccc(-c5ccc(-c6ccc7c(c6)c6ccccc6n7-c6ccccc6)cc5)cc4c4ccncc43)n2)cc1. The molecule has 0 fully saturated rings. The highest BCUT2D eigenvalue weighted by Crippen LogP contribution is 2.38. The molecule has 0 saturated carbocycles. The van der Waals surface area contributed by atoms with Crippen molar-refractivity contribution in [3.8, 4) is 56.4 Å². The fourth-order valence-corrected chi connectivity index (χ4v) is 8.27. The Kier molecular flexibility index (Phi) is 7.76. The maximum atomic E-state index is 7.42. The summed E-state index contributed by atoms with van der Waals surface area (Å²) < 4.78 is 4.46. The topological polar surface area (TPSA) is 52.9 Å². The van der Waals surface area contributed by atoms with Crippen molar-refractivity contribution in [2.45, 2.75) is 0 Å². The Morgan fingerprint density at radius 3 is 1.57 bits per heavy atom. The molecule has 4 aromatic heterocycles. The quantitative estimate of drug-likeness (QED) is 0.160. The van der Waals surface area contributed by atoms with Gasteiger partial charge in [-0.15, -0.1) is 0 Å². The maximum Gasteiger partial charge on any atom is 0.235 e. The molecule has 11 aromatic rings. The van der Waals surface area contributed by atoms with E-state index in [4.69, 9.17) is 16.5 Å². The first kappa shape index (κ1) is 33.2. The van der Waals surface area contributed by atoms with Gasteiger partial charge < -0.3 is 4.57 Å². The standard InChI is InChI=1S/C52H32N6/c1-53-40-24-20-37(21-25-40)47-32-46(36-10-4-2-5-11-36)55-52(56-47)58-50-27-23-39(31-45(50)43-28-29-54-33-51(43)58)35-18-16-34(17-19-35)38-22-26-49-44(30-38)42-14-8-9-15-48(42)57(49)41-12-6-3-7-13-41/h2-33H. The summed E-state index contributed by atoms with van der Waals surface area (Å²) in [6, 6.07) is 63.3. The van der Waals surface area contributed by atoms with Crippen molar-refractivity contribution in [1.82, 2.24) is 24.1 Å².